The van der Waals surface area contributed by atoms with Gasteiger partial charge in [0, 0.05) is 25.4 Å². The summed E-state index contributed by atoms with van der Waals surface area (Å²) in [5.74, 6) is 0.892. The van der Waals surface area contributed by atoms with Gasteiger partial charge < -0.3 is 15.3 Å². The minimum Gasteiger partial charge on any atom is -0.396 e. The summed E-state index contributed by atoms with van der Waals surface area (Å²) < 4.78 is 0. The molecule has 2 rings (SSSR count). The first kappa shape index (κ1) is 11.7. The zero-order valence-corrected chi connectivity index (χ0v) is 9.83. The standard InChI is InChI=1S/C10H16N2O3S/c13-5-7-1-3-12(4-2-7)9(14)8-6-16-10(15)11-8/h7-8,13H,1-6H2,(H,11,15). The van der Waals surface area contributed by atoms with Crippen LogP contribution in [0.25, 0.3) is 0 Å². The lowest BCUT2D eigenvalue weighted by Gasteiger charge is -2.32. The Hall–Kier alpha value is -0.750. The van der Waals surface area contributed by atoms with E-state index in [9.17, 15) is 9.59 Å². The van der Waals surface area contributed by atoms with Crippen molar-refractivity contribution < 1.29 is 14.7 Å². The van der Waals surface area contributed by atoms with Crippen LogP contribution in [0.5, 0.6) is 0 Å². The molecular weight excluding hydrogens is 228 g/mol. The number of likely N-dealkylation sites (tertiary alicyclic amines) is 1. The summed E-state index contributed by atoms with van der Waals surface area (Å²) in [6.45, 7) is 1.60. The summed E-state index contributed by atoms with van der Waals surface area (Å²) >= 11 is 1.17. The van der Waals surface area contributed by atoms with Gasteiger partial charge in [-0.15, -0.1) is 0 Å². The van der Waals surface area contributed by atoms with Crippen molar-refractivity contribution in [2.24, 2.45) is 5.92 Å². The fourth-order valence-electron chi connectivity index (χ4n) is 2.07. The second kappa shape index (κ2) is 5.05. The number of hydrogen-bond acceptors (Lipinski definition) is 4. The van der Waals surface area contributed by atoms with Gasteiger partial charge in [-0.1, -0.05) is 11.8 Å². The molecule has 2 saturated heterocycles. The Balaban J connectivity index is 1.84. The molecular formula is C10H16N2O3S. The molecule has 6 heteroatoms. The van der Waals surface area contributed by atoms with E-state index in [0.29, 0.717) is 24.8 Å². The van der Waals surface area contributed by atoms with Gasteiger partial charge >= 0.3 is 0 Å². The number of nitrogens with zero attached hydrogens (tertiary/aromatic N) is 1. The molecule has 0 spiro atoms. The Labute approximate surface area is 98.6 Å². The molecule has 2 N–H and O–H groups in total. The highest BCUT2D eigenvalue weighted by molar-refractivity contribution is 8.14. The SMILES string of the molecule is O=C1NC(C(=O)N2CCC(CO)CC2)CS1. The van der Waals surface area contributed by atoms with Crippen molar-refractivity contribution in [1.29, 1.82) is 0 Å². The van der Waals surface area contributed by atoms with Crippen molar-refractivity contribution in [2.75, 3.05) is 25.4 Å². The lowest BCUT2D eigenvalue weighted by atomic mass is 9.97. The third-order valence-electron chi connectivity index (χ3n) is 3.16. The van der Waals surface area contributed by atoms with E-state index in [2.05, 4.69) is 5.32 Å². The predicted molar refractivity (Wildman–Crippen MR) is 61.2 cm³/mol. The van der Waals surface area contributed by atoms with Gasteiger partial charge in [0.25, 0.3) is 5.24 Å². The molecule has 0 aliphatic carbocycles. The first-order valence-electron chi connectivity index (χ1n) is 5.53. The van der Waals surface area contributed by atoms with Crippen LogP contribution < -0.4 is 5.32 Å². The van der Waals surface area contributed by atoms with E-state index < -0.39 is 0 Å². The first-order valence-corrected chi connectivity index (χ1v) is 6.52. The minimum absolute atomic E-state index is 0.0229. The van der Waals surface area contributed by atoms with Gasteiger partial charge in [-0.2, -0.15) is 0 Å². The minimum atomic E-state index is -0.344. The normalized spacial score (nSPS) is 26.9. The largest absolute Gasteiger partial charge is 0.396 e. The highest BCUT2D eigenvalue weighted by Crippen LogP contribution is 2.20. The summed E-state index contributed by atoms with van der Waals surface area (Å²) in [6, 6.07) is -0.344. The molecule has 2 heterocycles. The van der Waals surface area contributed by atoms with Crippen LogP contribution in [0.4, 0.5) is 4.79 Å². The van der Waals surface area contributed by atoms with E-state index in [1.165, 1.54) is 11.8 Å². The molecule has 5 nitrogen and oxygen atoms in total. The summed E-state index contributed by atoms with van der Waals surface area (Å²) in [5, 5.41) is 11.6. The van der Waals surface area contributed by atoms with Gasteiger partial charge in [0.2, 0.25) is 5.91 Å². The summed E-state index contributed by atoms with van der Waals surface area (Å²) in [6.07, 6.45) is 1.71. The average molecular weight is 244 g/mol. The molecule has 2 fully saturated rings. The fraction of sp³-hybridized carbons (Fsp3) is 0.800. The Morgan fingerprint density at radius 2 is 2.19 bits per heavy atom. The maximum atomic E-state index is 12.0. The number of aliphatic hydroxyl groups excluding tert-OH is 1. The average Bonchev–Trinajstić information content (AvgIpc) is 2.75. The van der Waals surface area contributed by atoms with Gasteiger partial charge in [0.15, 0.2) is 0 Å². The number of amides is 2. The number of thioether (sulfide) groups is 1. The van der Waals surface area contributed by atoms with Crippen LogP contribution in [0.2, 0.25) is 0 Å². The molecule has 0 radical (unpaired) electrons. The zero-order chi connectivity index (χ0) is 11.5. The van der Waals surface area contributed by atoms with E-state index in [4.69, 9.17) is 5.11 Å². The van der Waals surface area contributed by atoms with E-state index >= 15 is 0 Å². The van der Waals surface area contributed by atoms with Crippen LogP contribution in [-0.2, 0) is 4.79 Å². The Morgan fingerprint density at radius 1 is 1.50 bits per heavy atom. The van der Waals surface area contributed by atoms with Crippen molar-refractivity contribution in [2.45, 2.75) is 18.9 Å². The molecule has 0 aromatic heterocycles. The topological polar surface area (TPSA) is 69.6 Å². The second-order valence-corrected chi connectivity index (χ2v) is 5.24. The molecule has 90 valence electrons. The highest BCUT2D eigenvalue weighted by Gasteiger charge is 2.32. The van der Waals surface area contributed by atoms with Crippen LogP contribution >= 0.6 is 11.8 Å². The maximum Gasteiger partial charge on any atom is 0.279 e. The van der Waals surface area contributed by atoms with Crippen molar-refractivity contribution in [1.82, 2.24) is 10.2 Å². The molecule has 0 bridgehead atoms. The molecule has 1 atom stereocenters. The number of nitrogens with one attached hydrogen (secondary N) is 1. The van der Waals surface area contributed by atoms with Gasteiger partial charge in [-0.3, -0.25) is 9.59 Å². The molecule has 2 amide bonds. The molecule has 2 aliphatic rings. The van der Waals surface area contributed by atoms with Crippen molar-refractivity contribution in [3.63, 3.8) is 0 Å². The number of piperidine rings is 1. The quantitative estimate of drug-likeness (QED) is 0.719. The maximum absolute atomic E-state index is 12.0. The predicted octanol–water partition coefficient (Wildman–Crippen LogP) is 0.0423. The van der Waals surface area contributed by atoms with Crippen LogP contribution in [-0.4, -0.2) is 52.6 Å². The first-order chi connectivity index (χ1) is 7.70. The molecule has 16 heavy (non-hydrogen) atoms. The van der Waals surface area contributed by atoms with Crippen molar-refractivity contribution in [3.05, 3.63) is 0 Å². The van der Waals surface area contributed by atoms with Crippen LogP contribution in [0.3, 0.4) is 0 Å². The number of aliphatic hydroxyl groups is 1. The molecule has 2 aliphatic heterocycles. The van der Waals surface area contributed by atoms with Crippen LogP contribution in [0.15, 0.2) is 0 Å². The molecule has 1 unspecified atom stereocenters. The third-order valence-corrected chi connectivity index (χ3v) is 4.04. The smallest absolute Gasteiger partial charge is 0.279 e. The monoisotopic (exact) mass is 244 g/mol. The van der Waals surface area contributed by atoms with Crippen LogP contribution in [0.1, 0.15) is 12.8 Å². The van der Waals surface area contributed by atoms with Gasteiger partial charge in [0.05, 0.1) is 0 Å². The van der Waals surface area contributed by atoms with E-state index in [-0.39, 0.29) is 23.8 Å². The summed E-state index contributed by atoms with van der Waals surface area (Å²) in [5.41, 5.74) is 0. The number of rotatable bonds is 2. The Morgan fingerprint density at radius 3 is 2.69 bits per heavy atom. The van der Waals surface area contributed by atoms with Gasteiger partial charge in [-0.25, -0.2) is 0 Å². The highest BCUT2D eigenvalue weighted by atomic mass is 32.2. The van der Waals surface area contributed by atoms with Crippen LogP contribution in [0, 0.1) is 5.92 Å². The van der Waals surface area contributed by atoms with Gasteiger partial charge in [0.1, 0.15) is 6.04 Å². The lowest BCUT2D eigenvalue weighted by molar-refractivity contribution is -0.134. The summed E-state index contributed by atoms with van der Waals surface area (Å²) in [4.78, 5) is 24.8. The summed E-state index contributed by atoms with van der Waals surface area (Å²) in [7, 11) is 0. The van der Waals surface area contributed by atoms with Crippen molar-refractivity contribution >= 4 is 22.9 Å². The molecule has 0 saturated carbocycles. The Kier molecular flexibility index (Phi) is 3.70. The molecule has 0 aromatic carbocycles. The fourth-order valence-corrected chi connectivity index (χ4v) is 2.84. The molecule has 0 aromatic rings. The second-order valence-electron chi connectivity index (χ2n) is 4.25. The zero-order valence-electron chi connectivity index (χ0n) is 9.02. The third kappa shape index (κ3) is 2.49. The lowest BCUT2D eigenvalue weighted by Crippen LogP contribution is -2.48. The number of carbonyl (C=O) groups excluding carboxylic acids is 2. The van der Waals surface area contributed by atoms with E-state index in [1.54, 1.807) is 4.90 Å². The van der Waals surface area contributed by atoms with E-state index in [0.717, 1.165) is 12.8 Å². The van der Waals surface area contributed by atoms with E-state index in [1.807, 2.05) is 0 Å². The number of carbonyl (C=O) groups is 2. The van der Waals surface area contributed by atoms with Gasteiger partial charge in [-0.05, 0) is 18.8 Å². The van der Waals surface area contributed by atoms with Crippen molar-refractivity contribution in [3.8, 4) is 0 Å². The Bertz CT molecular complexity index is 290. The number of hydrogen-bond donors (Lipinski definition) is 2.